The van der Waals surface area contributed by atoms with Crippen LogP contribution in [0, 0.1) is 0 Å². The number of hydrogen-bond acceptors (Lipinski definition) is 4. The van der Waals surface area contributed by atoms with E-state index < -0.39 is 12.1 Å². The first-order valence-electron chi connectivity index (χ1n) is 8.50. The van der Waals surface area contributed by atoms with Crippen LogP contribution in [0.2, 0.25) is 0 Å². The second kappa shape index (κ2) is 9.14. The Morgan fingerprint density at radius 3 is 2.26 bits per heavy atom. The highest BCUT2D eigenvalue weighted by Crippen LogP contribution is 2.32. The van der Waals surface area contributed by atoms with Crippen molar-refractivity contribution < 1.29 is 19.4 Å². The van der Waals surface area contributed by atoms with Gasteiger partial charge < -0.3 is 14.6 Å². The van der Waals surface area contributed by atoms with Crippen LogP contribution >= 0.6 is 11.8 Å². The van der Waals surface area contributed by atoms with E-state index in [0.717, 1.165) is 15.4 Å². The van der Waals surface area contributed by atoms with E-state index in [0.29, 0.717) is 11.5 Å². The van der Waals surface area contributed by atoms with Crippen LogP contribution in [0.5, 0.6) is 11.5 Å². The quantitative estimate of drug-likeness (QED) is 0.601. The SMILES string of the molecule is COc1ccccc1O[C@H](Cc1ccccc1Sc1ccccc1)C(=O)O. The normalized spacial score (nSPS) is 11.6. The van der Waals surface area contributed by atoms with Gasteiger partial charge in [0, 0.05) is 16.2 Å². The molecule has 27 heavy (non-hydrogen) atoms. The van der Waals surface area contributed by atoms with Crippen molar-refractivity contribution in [2.75, 3.05) is 7.11 Å². The summed E-state index contributed by atoms with van der Waals surface area (Å²) in [6.07, 6.45) is -0.762. The molecule has 0 saturated heterocycles. The molecular formula is C22H20O4S. The summed E-state index contributed by atoms with van der Waals surface area (Å²) in [4.78, 5) is 13.9. The van der Waals surface area contributed by atoms with Crippen LogP contribution in [0.25, 0.3) is 0 Å². The van der Waals surface area contributed by atoms with Gasteiger partial charge in [0.25, 0.3) is 0 Å². The first kappa shape index (κ1) is 18.9. The highest BCUT2D eigenvalue weighted by molar-refractivity contribution is 7.99. The summed E-state index contributed by atoms with van der Waals surface area (Å²) in [6.45, 7) is 0. The molecule has 0 aromatic heterocycles. The average Bonchev–Trinajstić information content (AvgIpc) is 2.70. The largest absolute Gasteiger partial charge is 0.493 e. The van der Waals surface area contributed by atoms with Gasteiger partial charge in [0.2, 0.25) is 0 Å². The van der Waals surface area contributed by atoms with E-state index in [4.69, 9.17) is 9.47 Å². The lowest BCUT2D eigenvalue weighted by Gasteiger charge is -2.18. The number of hydrogen-bond donors (Lipinski definition) is 1. The first-order chi connectivity index (χ1) is 13.2. The molecule has 1 atom stereocenters. The van der Waals surface area contributed by atoms with E-state index in [9.17, 15) is 9.90 Å². The maximum absolute atomic E-state index is 11.8. The van der Waals surface area contributed by atoms with Crippen molar-refractivity contribution in [3.63, 3.8) is 0 Å². The van der Waals surface area contributed by atoms with Gasteiger partial charge in [-0.1, -0.05) is 60.3 Å². The number of ether oxygens (including phenoxy) is 2. The van der Waals surface area contributed by atoms with Crippen LogP contribution in [-0.2, 0) is 11.2 Å². The van der Waals surface area contributed by atoms with Crippen LogP contribution in [0.15, 0.2) is 88.7 Å². The molecule has 3 rings (SSSR count). The van der Waals surface area contributed by atoms with Crippen LogP contribution in [0.4, 0.5) is 0 Å². The molecular weight excluding hydrogens is 360 g/mol. The number of methoxy groups -OCH3 is 1. The van der Waals surface area contributed by atoms with Crippen LogP contribution in [-0.4, -0.2) is 24.3 Å². The van der Waals surface area contributed by atoms with Gasteiger partial charge >= 0.3 is 5.97 Å². The topological polar surface area (TPSA) is 55.8 Å². The van der Waals surface area contributed by atoms with Gasteiger partial charge in [-0.2, -0.15) is 0 Å². The molecule has 0 unspecified atom stereocenters. The first-order valence-corrected chi connectivity index (χ1v) is 9.32. The van der Waals surface area contributed by atoms with Gasteiger partial charge in [-0.25, -0.2) is 4.79 Å². The summed E-state index contributed by atoms with van der Waals surface area (Å²) in [5, 5.41) is 9.67. The maximum atomic E-state index is 11.8. The number of benzene rings is 3. The third kappa shape index (κ3) is 5.05. The summed E-state index contributed by atoms with van der Waals surface area (Å²) in [5.41, 5.74) is 0.925. The van der Waals surface area contributed by atoms with Gasteiger partial charge in [-0.15, -0.1) is 0 Å². The third-order valence-corrected chi connectivity index (χ3v) is 5.09. The highest BCUT2D eigenvalue weighted by Gasteiger charge is 2.23. The van der Waals surface area contributed by atoms with E-state index in [2.05, 4.69) is 0 Å². The van der Waals surface area contributed by atoms with Gasteiger partial charge in [-0.3, -0.25) is 0 Å². The summed E-state index contributed by atoms with van der Waals surface area (Å²) >= 11 is 1.61. The molecule has 0 amide bonds. The van der Waals surface area contributed by atoms with Crippen LogP contribution in [0.1, 0.15) is 5.56 Å². The molecule has 3 aromatic rings. The molecule has 5 heteroatoms. The molecule has 0 aliphatic rings. The van der Waals surface area contributed by atoms with Crippen molar-refractivity contribution in [1.82, 2.24) is 0 Å². The molecule has 0 radical (unpaired) electrons. The van der Waals surface area contributed by atoms with E-state index in [1.807, 2.05) is 60.7 Å². The lowest BCUT2D eigenvalue weighted by molar-refractivity contribution is -0.145. The predicted octanol–water partition coefficient (Wildman–Crippen LogP) is 4.92. The molecule has 4 nitrogen and oxygen atoms in total. The fourth-order valence-corrected chi connectivity index (χ4v) is 3.61. The smallest absolute Gasteiger partial charge is 0.345 e. The minimum Gasteiger partial charge on any atom is -0.493 e. The molecule has 0 heterocycles. The minimum atomic E-state index is -1.01. The molecule has 3 aromatic carbocycles. The number of carboxylic acid groups (broad SMARTS) is 1. The Kier molecular flexibility index (Phi) is 6.39. The number of carboxylic acids is 1. The molecule has 0 fully saturated rings. The molecule has 0 spiro atoms. The molecule has 0 aliphatic heterocycles. The Bertz CT molecular complexity index is 896. The Morgan fingerprint density at radius 2 is 1.56 bits per heavy atom. The Labute approximate surface area is 162 Å². The standard InChI is InChI=1S/C22H20O4S/c1-25-18-12-6-7-13-19(18)26-20(22(23)24)15-16-9-5-8-14-21(16)27-17-10-3-2-4-11-17/h2-14,20H,15H2,1H3,(H,23,24)/t20-/m1/s1. The maximum Gasteiger partial charge on any atom is 0.345 e. The van der Waals surface area contributed by atoms with Crippen molar-refractivity contribution in [3.05, 3.63) is 84.4 Å². The van der Waals surface area contributed by atoms with E-state index >= 15 is 0 Å². The minimum absolute atomic E-state index is 0.253. The average molecular weight is 380 g/mol. The van der Waals surface area contributed by atoms with Crippen molar-refractivity contribution in [2.45, 2.75) is 22.3 Å². The third-order valence-electron chi connectivity index (χ3n) is 3.96. The predicted molar refractivity (Wildman–Crippen MR) is 106 cm³/mol. The van der Waals surface area contributed by atoms with Crippen LogP contribution in [0.3, 0.4) is 0 Å². The second-order valence-electron chi connectivity index (χ2n) is 5.82. The summed E-state index contributed by atoms with van der Waals surface area (Å²) in [7, 11) is 1.53. The van der Waals surface area contributed by atoms with Crippen molar-refractivity contribution >= 4 is 17.7 Å². The summed E-state index contributed by atoms with van der Waals surface area (Å²) in [5.74, 6) is -0.0864. The zero-order valence-electron chi connectivity index (χ0n) is 14.9. The highest BCUT2D eigenvalue weighted by atomic mass is 32.2. The molecule has 138 valence electrons. The van der Waals surface area contributed by atoms with Gasteiger partial charge in [0.15, 0.2) is 17.6 Å². The molecule has 0 aliphatic carbocycles. The zero-order valence-corrected chi connectivity index (χ0v) is 15.7. The van der Waals surface area contributed by atoms with Crippen molar-refractivity contribution in [3.8, 4) is 11.5 Å². The zero-order chi connectivity index (χ0) is 19.1. The Balaban J connectivity index is 1.82. The molecule has 0 saturated carbocycles. The molecule has 0 bridgehead atoms. The lowest BCUT2D eigenvalue weighted by atomic mass is 10.1. The lowest BCUT2D eigenvalue weighted by Crippen LogP contribution is -2.29. The second-order valence-corrected chi connectivity index (χ2v) is 6.94. The van der Waals surface area contributed by atoms with Gasteiger partial charge in [0.05, 0.1) is 7.11 Å². The fourth-order valence-electron chi connectivity index (χ4n) is 2.64. The Morgan fingerprint density at radius 1 is 0.926 bits per heavy atom. The monoisotopic (exact) mass is 380 g/mol. The number of para-hydroxylation sites is 2. The number of carbonyl (C=O) groups is 1. The number of aliphatic carboxylic acids is 1. The van der Waals surface area contributed by atoms with Gasteiger partial charge in [0.1, 0.15) is 0 Å². The van der Waals surface area contributed by atoms with Gasteiger partial charge in [-0.05, 0) is 35.9 Å². The van der Waals surface area contributed by atoms with Crippen molar-refractivity contribution in [1.29, 1.82) is 0 Å². The Hall–Kier alpha value is -2.92. The van der Waals surface area contributed by atoms with Crippen LogP contribution < -0.4 is 9.47 Å². The van der Waals surface area contributed by atoms with E-state index in [1.165, 1.54) is 7.11 Å². The van der Waals surface area contributed by atoms with Crippen molar-refractivity contribution in [2.24, 2.45) is 0 Å². The molecule has 1 N–H and O–H groups in total. The summed E-state index contributed by atoms with van der Waals surface area (Å²) < 4.78 is 11.0. The van der Waals surface area contributed by atoms with E-state index in [1.54, 1.807) is 30.0 Å². The summed E-state index contributed by atoms with van der Waals surface area (Å²) in [6, 6.07) is 24.8. The number of rotatable bonds is 8. The van der Waals surface area contributed by atoms with E-state index in [-0.39, 0.29) is 6.42 Å². The fraction of sp³-hybridized carbons (Fsp3) is 0.136.